The fourth-order valence-corrected chi connectivity index (χ4v) is 4.10. The van der Waals surface area contributed by atoms with Gasteiger partial charge in [-0.05, 0) is 85.8 Å². The van der Waals surface area contributed by atoms with Crippen molar-refractivity contribution in [3.63, 3.8) is 0 Å². The maximum atomic E-state index is 12.5. The molecule has 0 fully saturated rings. The van der Waals surface area contributed by atoms with E-state index in [2.05, 4.69) is 39.7 Å². The van der Waals surface area contributed by atoms with Crippen molar-refractivity contribution in [3.8, 4) is 5.75 Å². The molecule has 0 atom stereocenters. The molecule has 0 aromatic heterocycles. The average molecular weight is 500 g/mol. The number of carbonyl (C=O) groups is 2. The molecule has 0 radical (unpaired) electrons. The zero-order valence-corrected chi connectivity index (χ0v) is 21.6. The van der Waals surface area contributed by atoms with Gasteiger partial charge in [0.1, 0.15) is 11.4 Å². The zero-order valence-electron chi connectivity index (χ0n) is 21.6. The molecular weight excluding hydrogens is 466 g/mol. The largest absolute Gasteiger partial charge is 0.482 e. The number of amides is 1. The van der Waals surface area contributed by atoms with E-state index in [4.69, 9.17) is 9.47 Å². The van der Waals surface area contributed by atoms with Gasteiger partial charge in [0.15, 0.2) is 6.61 Å². The first kappa shape index (κ1) is 26.1. The fraction of sp³-hybridized carbons (Fsp3) is 0.300. The molecule has 1 heterocycles. The van der Waals surface area contributed by atoms with E-state index >= 15 is 0 Å². The van der Waals surface area contributed by atoms with E-state index in [1.54, 1.807) is 30.5 Å². The van der Waals surface area contributed by atoms with Gasteiger partial charge in [-0.15, -0.1) is 0 Å². The van der Waals surface area contributed by atoms with Gasteiger partial charge >= 0.3 is 5.97 Å². The van der Waals surface area contributed by atoms with Gasteiger partial charge in [-0.25, -0.2) is 10.2 Å². The number of esters is 1. The lowest BCUT2D eigenvalue weighted by Gasteiger charge is -2.28. The Labute approximate surface area is 218 Å². The van der Waals surface area contributed by atoms with E-state index in [1.165, 1.54) is 16.7 Å². The highest BCUT2D eigenvalue weighted by molar-refractivity contribution is 5.94. The van der Waals surface area contributed by atoms with Crippen molar-refractivity contribution in [1.29, 1.82) is 0 Å². The summed E-state index contributed by atoms with van der Waals surface area (Å²) in [6.07, 6.45) is 2.62. The summed E-state index contributed by atoms with van der Waals surface area (Å²) < 4.78 is 10.7. The molecule has 7 nitrogen and oxygen atoms in total. The van der Waals surface area contributed by atoms with Crippen LogP contribution in [0.15, 0.2) is 77.9 Å². The highest BCUT2D eigenvalue weighted by Crippen LogP contribution is 2.20. The van der Waals surface area contributed by atoms with Crippen molar-refractivity contribution in [2.45, 2.75) is 45.9 Å². The number of hydrazone groups is 1. The number of fused-ring (bicyclic) bond motifs is 1. The first-order valence-corrected chi connectivity index (χ1v) is 12.4. The van der Waals surface area contributed by atoms with E-state index in [0.29, 0.717) is 11.3 Å². The number of rotatable bonds is 8. The van der Waals surface area contributed by atoms with Gasteiger partial charge in [0, 0.05) is 25.2 Å². The number of carbonyl (C=O) groups excluding carboxylic acids is 2. The Balaban J connectivity index is 1.22. The van der Waals surface area contributed by atoms with Crippen molar-refractivity contribution < 1.29 is 19.1 Å². The van der Waals surface area contributed by atoms with E-state index in [1.807, 2.05) is 45.0 Å². The Kier molecular flexibility index (Phi) is 8.36. The molecule has 37 heavy (non-hydrogen) atoms. The Morgan fingerprint density at radius 2 is 1.68 bits per heavy atom. The van der Waals surface area contributed by atoms with Crippen LogP contribution in [0.5, 0.6) is 5.75 Å². The summed E-state index contributed by atoms with van der Waals surface area (Å²) in [4.78, 5) is 26.7. The van der Waals surface area contributed by atoms with Crippen molar-refractivity contribution >= 4 is 18.1 Å². The van der Waals surface area contributed by atoms with Crippen molar-refractivity contribution in [3.05, 3.63) is 101 Å². The average Bonchev–Trinajstić information content (AvgIpc) is 2.87. The number of hydrogen-bond acceptors (Lipinski definition) is 6. The molecule has 1 aliphatic heterocycles. The Morgan fingerprint density at radius 3 is 2.38 bits per heavy atom. The molecule has 0 bridgehead atoms. The number of benzene rings is 3. The monoisotopic (exact) mass is 499 g/mol. The summed E-state index contributed by atoms with van der Waals surface area (Å²) in [6.45, 7) is 8.10. The van der Waals surface area contributed by atoms with Crippen molar-refractivity contribution in [2.75, 3.05) is 13.2 Å². The predicted octanol–water partition coefficient (Wildman–Crippen LogP) is 4.73. The van der Waals surface area contributed by atoms with Crippen LogP contribution in [0, 0.1) is 0 Å². The molecule has 0 aliphatic carbocycles. The standard InChI is InChI=1S/C30H33N3O4/c1-30(2,3)37-28(34)21-36-27-14-10-22(11-15-27)18-31-32-29(35)25-12-8-23(9-13-25)19-33-17-16-24-6-4-5-7-26(24)20-33/h4-15,18H,16-17,19-21H2,1-3H3,(H,32,35)/b31-18-. The molecule has 1 N–H and O–H groups in total. The first-order valence-electron chi connectivity index (χ1n) is 12.4. The molecular formula is C30H33N3O4. The van der Waals surface area contributed by atoms with Gasteiger partial charge in [0.2, 0.25) is 0 Å². The van der Waals surface area contributed by atoms with E-state index in [0.717, 1.165) is 31.6 Å². The van der Waals surface area contributed by atoms with Crippen LogP contribution in [0.3, 0.4) is 0 Å². The molecule has 1 aliphatic rings. The van der Waals surface area contributed by atoms with Gasteiger partial charge in [-0.3, -0.25) is 9.69 Å². The Bertz CT molecular complexity index is 1250. The number of nitrogens with one attached hydrogen (secondary N) is 1. The summed E-state index contributed by atoms with van der Waals surface area (Å²) >= 11 is 0. The third kappa shape index (κ3) is 8.02. The Hall–Kier alpha value is -3.97. The van der Waals surface area contributed by atoms with Gasteiger partial charge in [0.05, 0.1) is 6.21 Å². The number of nitrogens with zero attached hydrogens (tertiary/aromatic N) is 2. The molecule has 0 unspecified atom stereocenters. The van der Waals surface area contributed by atoms with E-state index in [-0.39, 0.29) is 12.5 Å². The number of ether oxygens (including phenoxy) is 2. The predicted molar refractivity (Wildman–Crippen MR) is 144 cm³/mol. The maximum Gasteiger partial charge on any atom is 0.344 e. The van der Waals surface area contributed by atoms with Crippen LogP contribution >= 0.6 is 0 Å². The minimum atomic E-state index is -0.548. The van der Waals surface area contributed by atoms with Crippen molar-refractivity contribution in [1.82, 2.24) is 10.3 Å². The summed E-state index contributed by atoms with van der Waals surface area (Å²) in [5.41, 5.74) is 7.36. The second-order valence-electron chi connectivity index (χ2n) is 10.1. The van der Waals surface area contributed by atoms with E-state index < -0.39 is 11.6 Å². The fourth-order valence-electron chi connectivity index (χ4n) is 4.10. The third-order valence-corrected chi connectivity index (χ3v) is 5.87. The molecule has 7 heteroatoms. The van der Waals surface area contributed by atoms with Crippen LogP contribution in [-0.4, -0.2) is 41.7 Å². The summed E-state index contributed by atoms with van der Waals surface area (Å²) in [5.74, 6) is -0.154. The lowest BCUT2D eigenvalue weighted by Crippen LogP contribution is -2.30. The topological polar surface area (TPSA) is 80.2 Å². The van der Waals surface area contributed by atoms with E-state index in [9.17, 15) is 9.59 Å². The van der Waals surface area contributed by atoms with Gasteiger partial charge in [0.25, 0.3) is 5.91 Å². The molecule has 3 aromatic rings. The van der Waals surface area contributed by atoms with Crippen LogP contribution in [0.4, 0.5) is 0 Å². The van der Waals surface area contributed by atoms with Gasteiger partial charge < -0.3 is 9.47 Å². The van der Waals surface area contributed by atoms with Crippen LogP contribution < -0.4 is 10.2 Å². The molecule has 192 valence electrons. The molecule has 0 saturated heterocycles. The van der Waals surface area contributed by atoms with Crippen LogP contribution in [0.2, 0.25) is 0 Å². The molecule has 0 saturated carbocycles. The highest BCUT2D eigenvalue weighted by atomic mass is 16.6. The molecule has 3 aromatic carbocycles. The molecule has 0 spiro atoms. The highest BCUT2D eigenvalue weighted by Gasteiger charge is 2.17. The van der Waals surface area contributed by atoms with Crippen LogP contribution in [-0.2, 0) is 29.0 Å². The van der Waals surface area contributed by atoms with Crippen LogP contribution in [0.25, 0.3) is 0 Å². The minimum absolute atomic E-state index is 0.161. The summed E-state index contributed by atoms with van der Waals surface area (Å²) in [7, 11) is 0. The van der Waals surface area contributed by atoms with Gasteiger partial charge in [-0.1, -0.05) is 36.4 Å². The SMILES string of the molecule is CC(C)(C)OC(=O)COc1ccc(/C=N\NC(=O)c2ccc(CN3CCc4ccccc4C3)cc2)cc1. The van der Waals surface area contributed by atoms with Gasteiger partial charge in [-0.2, -0.15) is 5.10 Å². The molecule has 1 amide bonds. The summed E-state index contributed by atoms with van der Waals surface area (Å²) in [6, 6.07) is 23.3. The lowest BCUT2D eigenvalue weighted by molar-refractivity contribution is -0.157. The smallest absolute Gasteiger partial charge is 0.344 e. The third-order valence-electron chi connectivity index (χ3n) is 5.87. The maximum absolute atomic E-state index is 12.5. The second-order valence-corrected chi connectivity index (χ2v) is 10.1. The first-order chi connectivity index (χ1) is 17.7. The minimum Gasteiger partial charge on any atom is -0.482 e. The zero-order chi connectivity index (χ0) is 26.3. The van der Waals surface area contributed by atoms with Crippen molar-refractivity contribution in [2.24, 2.45) is 5.10 Å². The normalized spacial score (nSPS) is 13.7. The quantitative estimate of drug-likeness (QED) is 0.275. The summed E-state index contributed by atoms with van der Waals surface area (Å²) in [5, 5.41) is 4.05. The van der Waals surface area contributed by atoms with Crippen LogP contribution in [0.1, 0.15) is 53.4 Å². The Morgan fingerprint density at radius 1 is 0.973 bits per heavy atom. The number of hydrogen-bond donors (Lipinski definition) is 1. The second kappa shape index (κ2) is 11.8. The lowest BCUT2D eigenvalue weighted by atomic mass is 9.99. The molecule has 4 rings (SSSR count).